The number of halogens is 2. The maximum Gasteiger partial charge on any atom is 0.198 e. The lowest BCUT2D eigenvalue weighted by Gasteiger charge is -2.05. The van der Waals surface area contributed by atoms with Gasteiger partial charge in [0.25, 0.3) is 0 Å². The van der Waals surface area contributed by atoms with Crippen LogP contribution in [0.5, 0.6) is 0 Å². The molecular formula is C10H4Cl2NO3-. The topological polar surface area (TPSA) is 73.0 Å². The summed E-state index contributed by atoms with van der Waals surface area (Å²) in [7, 11) is 0. The highest BCUT2D eigenvalue weighted by Crippen LogP contribution is 2.27. The van der Waals surface area contributed by atoms with Crippen molar-refractivity contribution in [2.75, 3.05) is 0 Å². The number of hydrogen-bond acceptors (Lipinski definition) is 3. The minimum Gasteiger partial charge on any atom is -0.545 e. The number of carboxylic acid groups (broad SMARTS) is 1. The number of benzene rings is 1. The minimum atomic E-state index is -1.53. The summed E-state index contributed by atoms with van der Waals surface area (Å²) in [5, 5.41) is 11.3. The van der Waals surface area contributed by atoms with E-state index in [2.05, 4.69) is 4.98 Å². The van der Waals surface area contributed by atoms with E-state index < -0.39 is 17.0 Å². The zero-order chi connectivity index (χ0) is 11.9. The van der Waals surface area contributed by atoms with Crippen LogP contribution in [0.15, 0.2) is 23.1 Å². The van der Waals surface area contributed by atoms with Gasteiger partial charge in [0.1, 0.15) is 0 Å². The minimum absolute atomic E-state index is 0.163. The van der Waals surface area contributed by atoms with Gasteiger partial charge in [-0.2, -0.15) is 0 Å². The molecule has 0 amide bonds. The average Bonchev–Trinajstić information content (AvgIpc) is 2.23. The van der Waals surface area contributed by atoms with Gasteiger partial charge in [-0.25, -0.2) is 0 Å². The summed E-state index contributed by atoms with van der Waals surface area (Å²) in [5.41, 5.74) is -0.776. The van der Waals surface area contributed by atoms with Gasteiger partial charge in [0, 0.05) is 11.6 Å². The Morgan fingerprint density at radius 2 is 2.00 bits per heavy atom. The monoisotopic (exact) mass is 256 g/mol. The first-order chi connectivity index (χ1) is 7.52. The number of aromatic amines is 1. The van der Waals surface area contributed by atoms with E-state index in [0.717, 1.165) is 6.20 Å². The van der Waals surface area contributed by atoms with Crippen molar-refractivity contribution in [3.05, 3.63) is 44.2 Å². The largest absolute Gasteiger partial charge is 0.545 e. The van der Waals surface area contributed by atoms with E-state index in [1.165, 1.54) is 12.1 Å². The molecule has 1 aromatic heterocycles. The fourth-order valence-electron chi connectivity index (χ4n) is 1.39. The quantitative estimate of drug-likeness (QED) is 0.834. The second-order valence-electron chi connectivity index (χ2n) is 3.10. The molecule has 0 atom stereocenters. The number of nitrogens with one attached hydrogen (secondary N) is 1. The summed E-state index contributed by atoms with van der Waals surface area (Å²) in [6.45, 7) is 0. The zero-order valence-electron chi connectivity index (χ0n) is 7.71. The van der Waals surface area contributed by atoms with Gasteiger partial charge in [-0.15, -0.1) is 0 Å². The molecular weight excluding hydrogens is 253 g/mol. The second kappa shape index (κ2) is 3.81. The molecule has 0 spiro atoms. The van der Waals surface area contributed by atoms with Crippen molar-refractivity contribution >= 4 is 40.1 Å². The van der Waals surface area contributed by atoms with E-state index in [1.54, 1.807) is 0 Å². The third kappa shape index (κ3) is 1.56. The van der Waals surface area contributed by atoms with Crippen molar-refractivity contribution in [2.24, 2.45) is 0 Å². The number of H-pyrrole nitrogens is 1. The van der Waals surface area contributed by atoms with Gasteiger partial charge in [0.2, 0.25) is 0 Å². The molecule has 0 bridgehead atoms. The lowest BCUT2D eigenvalue weighted by Crippen LogP contribution is -2.29. The first kappa shape index (κ1) is 11.0. The molecule has 0 fully saturated rings. The number of carbonyl (C=O) groups is 1. The van der Waals surface area contributed by atoms with E-state index in [0.29, 0.717) is 5.52 Å². The van der Waals surface area contributed by atoms with Crippen molar-refractivity contribution < 1.29 is 9.90 Å². The van der Waals surface area contributed by atoms with E-state index in [-0.39, 0.29) is 15.4 Å². The average molecular weight is 257 g/mol. The fraction of sp³-hybridized carbons (Fsp3) is 0. The SMILES string of the molecule is O=C([O-])c1c[nH]c2c(Cl)c(Cl)ccc2c1=O. The van der Waals surface area contributed by atoms with Gasteiger partial charge >= 0.3 is 0 Å². The Bertz CT molecular complexity index is 648. The number of carboxylic acids is 1. The molecule has 1 N–H and O–H groups in total. The summed E-state index contributed by atoms with van der Waals surface area (Å²) in [4.78, 5) is 24.9. The van der Waals surface area contributed by atoms with Crippen LogP contribution in [-0.2, 0) is 0 Å². The molecule has 1 aromatic carbocycles. The molecule has 0 saturated heterocycles. The lowest BCUT2D eigenvalue weighted by molar-refractivity contribution is -0.255. The molecule has 6 heteroatoms. The Balaban J connectivity index is 2.93. The number of fused-ring (bicyclic) bond motifs is 1. The van der Waals surface area contributed by atoms with Crippen LogP contribution in [0.4, 0.5) is 0 Å². The van der Waals surface area contributed by atoms with E-state index >= 15 is 0 Å². The number of rotatable bonds is 1. The third-order valence-corrected chi connectivity index (χ3v) is 2.97. The first-order valence-electron chi connectivity index (χ1n) is 4.23. The molecule has 16 heavy (non-hydrogen) atoms. The van der Waals surface area contributed by atoms with E-state index in [1.807, 2.05) is 0 Å². The summed E-state index contributed by atoms with van der Waals surface area (Å²) >= 11 is 11.6. The maximum absolute atomic E-state index is 11.7. The van der Waals surface area contributed by atoms with Crippen molar-refractivity contribution in [3.63, 3.8) is 0 Å². The number of aromatic nitrogens is 1. The molecule has 82 valence electrons. The van der Waals surface area contributed by atoms with Crippen LogP contribution in [0.2, 0.25) is 10.0 Å². The molecule has 0 saturated carbocycles. The lowest BCUT2D eigenvalue weighted by atomic mass is 10.1. The number of hydrogen-bond donors (Lipinski definition) is 1. The Hall–Kier alpha value is -1.52. The summed E-state index contributed by atoms with van der Waals surface area (Å²) in [6.07, 6.45) is 1.04. The highest BCUT2D eigenvalue weighted by atomic mass is 35.5. The summed E-state index contributed by atoms with van der Waals surface area (Å²) in [5.74, 6) is -1.53. The Morgan fingerprint density at radius 1 is 1.31 bits per heavy atom. The summed E-state index contributed by atoms with van der Waals surface area (Å²) in [6, 6.07) is 2.84. The van der Waals surface area contributed by atoms with Crippen molar-refractivity contribution in [2.45, 2.75) is 0 Å². The molecule has 2 aromatic rings. The van der Waals surface area contributed by atoms with E-state index in [9.17, 15) is 14.7 Å². The van der Waals surface area contributed by atoms with Crippen LogP contribution in [0.3, 0.4) is 0 Å². The van der Waals surface area contributed by atoms with Gasteiger partial charge in [-0.1, -0.05) is 23.2 Å². The van der Waals surface area contributed by atoms with Crippen LogP contribution < -0.4 is 10.5 Å². The molecule has 0 aliphatic rings. The van der Waals surface area contributed by atoms with Crippen LogP contribution in [-0.4, -0.2) is 11.0 Å². The van der Waals surface area contributed by atoms with Gasteiger partial charge in [-0.05, 0) is 12.1 Å². The zero-order valence-corrected chi connectivity index (χ0v) is 9.22. The van der Waals surface area contributed by atoms with Crippen molar-refractivity contribution in [1.29, 1.82) is 0 Å². The fourth-order valence-corrected chi connectivity index (χ4v) is 1.76. The van der Waals surface area contributed by atoms with Crippen molar-refractivity contribution in [1.82, 2.24) is 4.98 Å². The smallest absolute Gasteiger partial charge is 0.198 e. The first-order valence-corrected chi connectivity index (χ1v) is 4.98. The molecule has 0 radical (unpaired) electrons. The molecule has 1 heterocycles. The highest BCUT2D eigenvalue weighted by Gasteiger charge is 2.10. The Labute approximate surface area is 99.4 Å². The van der Waals surface area contributed by atoms with Crippen LogP contribution in [0.25, 0.3) is 10.9 Å². The third-order valence-electron chi connectivity index (χ3n) is 2.16. The van der Waals surface area contributed by atoms with Crippen LogP contribution in [0, 0.1) is 0 Å². The van der Waals surface area contributed by atoms with Gasteiger partial charge in [0.05, 0.1) is 27.1 Å². The number of aromatic carboxylic acids is 1. The Morgan fingerprint density at radius 3 is 2.62 bits per heavy atom. The second-order valence-corrected chi connectivity index (χ2v) is 3.89. The van der Waals surface area contributed by atoms with E-state index in [4.69, 9.17) is 23.2 Å². The predicted octanol–water partition coefficient (Wildman–Crippen LogP) is 1.20. The van der Waals surface area contributed by atoms with Crippen molar-refractivity contribution in [3.8, 4) is 0 Å². The predicted molar refractivity (Wildman–Crippen MR) is 58.9 cm³/mol. The molecule has 4 nitrogen and oxygen atoms in total. The molecule has 0 aliphatic carbocycles. The molecule has 0 aliphatic heterocycles. The highest BCUT2D eigenvalue weighted by molar-refractivity contribution is 6.45. The molecule has 2 rings (SSSR count). The van der Waals surface area contributed by atoms with Gasteiger partial charge in [-0.3, -0.25) is 4.79 Å². The number of pyridine rings is 1. The number of carbonyl (C=O) groups excluding carboxylic acids is 1. The maximum atomic E-state index is 11.7. The van der Waals surface area contributed by atoms with Gasteiger partial charge in [0.15, 0.2) is 5.43 Å². The Kier molecular flexibility index (Phi) is 2.61. The van der Waals surface area contributed by atoms with Gasteiger partial charge < -0.3 is 14.9 Å². The normalized spacial score (nSPS) is 10.6. The standard InChI is InChI=1S/C10H5Cl2NO3/c11-6-2-1-4-8(7(6)12)13-3-5(9(4)14)10(15)16/h1-3H,(H,13,14)(H,15,16)/p-1. The summed E-state index contributed by atoms with van der Waals surface area (Å²) < 4.78 is 0. The van der Waals surface area contributed by atoms with Crippen LogP contribution >= 0.6 is 23.2 Å². The molecule has 0 unspecified atom stereocenters. The van der Waals surface area contributed by atoms with Crippen LogP contribution in [0.1, 0.15) is 10.4 Å².